The maximum Gasteiger partial charge on any atom is 0.491 e. The van der Waals surface area contributed by atoms with Crippen LogP contribution in [-0.2, 0) is 9.31 Å². The standard InChI is InChI=1S/C17H24BN3O2/c1-16(2)17(3,4)23-18(22-16)14(11-21-5)8-12-6-7-13(10-19)15(20)9-12/h6-9,21H,11,20H2,1-5H3. The molecule has 0 saturated carbocycles. The Bertz CT molecular complexity index is 646. The van der Waals surface area contributed by atoms with E-state index in [1.165, 1.54) is 0 Å². The highest BCUT2D eigenvalue weighted by Gasteiger charge is 2.52. The van der Waals surface area contributed by atoms with E-state index < -0.39 is 7.12 Å². The monoisotopic (exact) mass is 313 g/mol. The fourth-order valence-electron chi connectivity index (χ4n) is 2.39. The highest BCUT2D eigenvalue weighted by Crippen LogP contribution is 2.38. The van der Waals surface area contributed by atoms with E-state index in [1.54, 1.807) is 12.1 Å². The Labute approximate surface area is 138 Å². The topological polar surface area (TPSA) is 80.3 Å². The van der Waals surface area contributed by atoms with Crippen LogP contribution in [-0.4, -0.2) is 31.9 Å². The SMILES string of the molecule is CNCC(=Cc1ccc(C#N)c(N)c1)B1OC(C)(C)C(C)(C)O1. The first-order chi connectivity index (χ1) is 10.7. The number of nitriles is 1. The van der Waals surface area contributed by atoms with Crippen molar-refractivity contribution in [2.45, 2.75) is 38.9 Å². The van der Waals surface area contributed by atoms with Crippen molar-refractivity contribution in [3.8, 4) is 6.07 Å². The maximum absolute atomic E-state index is 8.97. The van der Waals surface area contributed by atoms with E-state index in [-0.39, 0.29) is 11.2 Å². The lowest BCUT2D eigenvalue weighted by atomic mass is 9.77. The molecule has 1 aliphatic rings. The van der Waals surface area contributed by atoms with Crippen molar-refractivity contribution in [3.63, 3.8) is 0 Å². The first-order valence-electron chi connectivity index (χ1n) is 7.70. The van der Waals surface area contributed by atoms with Crippen LogP contribution in [0.1, 0.15) is 38.8 Å². The van der Waals surface area contributed by atoms with Crippen molar-refractivity contribution in [2.75, 3.05) is 19.3 Å². The van der Waals surface area contributed by atoms with Crippen LogP contribution in [0.4, 0.5) is 5.69 Å². The van der Waals surface area contributed by atoms with Crippen LogP contribution in [0, 0.1) is 11.3 Å². The number of rotatable bonds is 4. The third-order valence-electron chi connectivity index (χ3n) is 4.49. The molecule has 1 heterocycles. The molecule has 3 N–H and O–H groups in total. The van der Waals surface area contributed by atoms with Crippen LogP contribution in [0.3, 0.4) is 0 Å². The van der Waals surface area contributed by atoms with Gasteiger partial charge in [0.05, 0.1) is 22.5 Å². The zero-order chi connectivity index (χ0) is 17.3. The molecule has 1 saturated heterocycles. The summed E-state index contributed by atoms with van der Waals surface area (Å²) in [6, 6.07) is 7.46. The summed E-state index contributed by atoms with van der Waals surface area (Å²) in [5.41, 5.74) is 7.98. The van der Waals surface area contributed by atoms with Crippen molar-refractivity contribution in [3.05, 3.63) is 34.8 Å². The fraction of sp³-hybridized carbons (Fsp3) is 0.471. The molecule has 0 aliphatic carbocycles. The van der Waals surface area contributed by atoms with Gasteiger partial charge in [0, 0.05) is 6.54 Å². The number of nitrogens with zero attached hydrogens (tertiary/aromatic N) is 1. The Morgan fingerprint density at radius 1 is 1.30 bits per heavy atom. The average Bonchev–Trinajstić information content (AvgIpc) is 2.67. The molecule has 1 aliphatic heterocycles. The summed E-state index contributed by atoms with van der Waals surface area (Å²) in [5, 5.41) is 12.1. The average molecular weight is 313 g/mol. The second kappa shape index (κ2) is 6.36. The van der Waals surface area contributed by atoms with E-state index in [0.717, 1.165) is 11.0 Å². The molecule has 0 aromatic heterocycles. The van der Waals surface area contributed by atoms with Crippen molar-refractivity contribution in [2.24, 2.45) is 0 Å². The molecule has 0 radical (unpaired) electrons. The van der Waals surface area contributed by atoms with E-state index in [4.69, 9.17) is 20.3 Å². The quantitative estimate of drug-likeness (QED) is 0.659. The van der Waals surface area contributed by atoms with E-state index in [0.29, 0.717) is 17.8 Å². The summed E-state index contributed by atoms with van der Waals surface area (Å²) in [6.07, 6.45) is 2.00. The second-order valence-corrected chi connectivity index (χ2v) is 6.80. The molecule has 122 valence electrons. The zero-order valence-electron chi connectivity index (χ0n) is 14.4. The van der Waals surface area contributed by atoms with Gasteiger partial charge in [-0.25, -0.2) is 0 Å². The molecule has 23 heavy (non-hydrogen) atoms. The summed E-state index contributed by atoms with van der Waals surface area (Å²) in [6.45, 7) is 8.76. The van der Waals surface area contributed by atoms with Crippen LogP contribution >= 0.6 is 0 Å². The van der Waals surface area contributed by atoms with Gasteiger partial charge in [0.2, 0.25) is 0 Å². The largest absolute Gasteiger partial charge is 0.491 e. The van der Waals surface area contributed by atoms with Gasteiger partial charge in [-0.1, -0.05) is 12.1 Å². The normalized spacial score (nSPS) is 19.7. The highest BCUT2D eigenvalue weighted by atomic mass is 16.7. The minimum Gasteiger partial charge on any atom is -0.400 e. The molecule has 1 fully saturated rings. The molecule has 0 atom stereocenters. The smallest absolute Gasteiger partial charge is 0.400 e. The molecule has 0 unspecified atom stereocenters. The molecular formula is C17H24BN3O2. The number of hydrogen-bond acceptors (Lipinski definition) is 5. The third kappa shape index (κ3) is 3.58. The summed E-state index contributed by atoms with van der Waals surface area (Å²) >= 11 is 0. The van der Waals surface area contributed by atoms with Crippen molar-refractivity contribution in [1.29, 1.82) is 5.26 Å². The van der Waals surface area contributed by atoms with Gasteiger partial charge in [-0.15, -0.1) is 0 Å². The Kier molecular flexibility index (Phi) is 4.85. The van der Waals surface area contributed by atoms with Crippen LogP contribution in [0.5, 0.6) is 0 Å². The number of benzene rings is 1. The molecular weight excluding hydrogens is 289 g/mol. The first kappa shape index (κ1) is 17.5. The Hall–Kier alpha value is -1.81. The number of hydrogen-bond donors (Lipinski definition) is 2. The highest BCUT2D eigenvalue weighted by molar-refractivity contribution is 6.55. The van der Waals surface area contributed by atoms with Gasteiger partial charge in [0.25, 0.3) is 0 Å². The van der Waals surface area contributed by atoms with Crippen molar-refractivity contribution < 1.29 is 9.31 Å². The van der Waals surface area contributed by atoms with Gasteiger partial charge < -0.3 is 20.4 Å². The van der Waals surface area contributed by atoms with Crippen LogP contribution in [0.2, 0.25) is 0 Å². The third-order valence-corrected chi connectivity index (χ3v) is 4.49. The Balaban J connectivity index is 2.32. The molecule has 2 rings (SSSR count). The fourth-order valence-corrected chi connectivity index (χ4v) is 2.39. The molecule has 1 aromatic rings. The maximum atomic E-state index is 8.97. The van der Waals surface area contributed by atoms with Crippen LogP contribution in [0.15, 0.2) is 23.7 Å². The number of nitrogen functional groups attached to an aromatic ring is 1. The number of anilines is 1. The molecule has 0 bridgehead atoms. The number of nitrogens with one attached hydrogen (secondary N) is 1. The minimum atomic E-state index is -0.413. The van der Waals surface area contributed by atoms with Gasteiger partial charge in [-0.2, -0.15) is 5.26 Å². The summed E-state index contributed by atoms with van der Waals surface area (Å²) in [5.74, 6) is 0. The van der Waals surface area contributed by atoms with Gasteiger partial charge in [-0.3, -0.25) is 0 Å². The molecule has 0 spiro atoms. The van der Waals surface area contributed by atoms with Crippen LogP contribution < -0.4 is 11.1 Å². The molecule has 5 nitrogen and oxygen atoms in total. The second-order valence-electron chi connectivity index (χ2n) is 6.80. The summed E-state index contributed by atoms with van der Waals surface area (Å²) in [4.78, 5) is 0. The number of nitrogens with two attached hydrogens (primary N) is 1. The van der Waals surface area contributed by atoms with E-state index in [9.17, 15) is 0 Å². The lowest BCUT2D eigenvalue weighted by Gasteiger charge is -2.32. The molecule has 0 amide bonds. The molecule has 6 heteroatoms. The zero-order valence-corrected chi connectivity index (χ0v) is 14.4. The predicted molar refractivity (Wildman–Crippen MR) is 93.6 cm³/mol. The van der Waals surface area contributed by atoms with Gasteiger partial charge >= 0.3 is 7.12 Å². The van der Waals surface area contributed by atoms with Gasteiger partial charge in [0.15, 0.2) is 0 Å². The van der Waals surface area contributed by atoms with Crippen LogP contribution in [0.25, 0.3) is 6.08 Å². The number of likely N-dealkylation sites (N-methyl/N-ethyl adjacent to an activating group) is 1. The van der Waals surface area contributed by atoms with Crippen molar-refractivity contribution >= 4 is 18.9 Å². The van der Waals surface area contributed by atoms with E-state index in [1.807, 2.05) is 46.9 Å². The lowest BCUT2D eigenvalue weighted by molar-refractivity contribution is 0.00578. The van der Waals surface area contributed by atoms with E-state index >= 15 is 0 Å². The van der Waals surface area contributed by atoms with Gasteiger partial charge in [0.1, 0.15) is 6.07 Å². The first-order valence-corrected chi connectivity index (χ1v) is 7.70. The summed E-state index contributed by atoms with van der Waals surface area (Å²) in [7, 11) is 1.47. The van der Waals surface area contributed by atoms with Crippen molar-refractivity contribution in [1.82, 2.24) is 5.32 Å². The van der Waals surface area contributed by atoms with E-state index in [2.05, 4.69) is 11.4 Å². The minimum absolute atomic E-state index is 0.381. The molecule has 1 aromatic carbocycles. The summed E-state index contributed by atoms with van der Waals surface area (Å²) < 4.78 is 12.2. The Morgan fingerprint density at radius 3 is 2.39 bits per heavy atom. The predicted octanol–water partition coefficient (Wildman–Crippen LogP) is 2.37. The Morgan fingerprint density at radius 2 is 1.91 bits per heavy atom. The van der Waals surface area contributed by atoms with Gasteiger partial charge in [-0.05, 0) is 57.9 Å². The lowest BCUT2D eigenvalue weighted by Crippen LogP contribution is -2.41.